The van der Waals surface area contributed by atoms with Gasteiger partial charge in [-0.1, -0.05) is 162 Å². The lowest BCUT2D eigenvalue weighted by Gasteiger charge is -2.33. The topological polar surface area (TPSA) is 392 Å². The number of likely N-dealkylation sites (tertiary alicyclic amines) is 3. The number of ether oxygens (including phenoxy) is 7. The quantitative estimate of drug-likeness (QED) is 0.00849. The van der Waals surface area contributed by atoms with Gasteiger partial charge in [0.1, 0.15) is 79.3 Å². The molecule has 0 aromatic heterocycles. The third kappa shape index (κ3) is 25.9. The van der Waals surface area contributed by atoms with Crippen LogP contribution in [0.1, 0.15) is 113 Å². The molecule has 6 aromatic rings. The molecule has 12 atom stereocenters. The van der Waals surface area contributed by atoms with Crippen LogP contribution in [0.4, 0.5) is 9.59 Å². The molecule has 12 rings (SSSR count). The first-order chi connectivity index (χ1) is 57.8. The van der Waals surface area contributed by atoms with E-state index in [9.17, 15) is 43.8 Å². The van der Waals surface area contributed by atoms with Crippen molar-refractivity contribution in [3.8, 4) is 0 Å². The van der Waals surface area contributed by atoms with E-state index in [1.165, 1.54) is 21.0 Å². The number of halogens is 3. The molecule has 11 N–H and O–H groups in total. The molecule has 8 amide bonds. The van der Waals surface area contributed by atoms with E-state index in [1.807, 2.05) is 146 Å². The number of nitrogens with two attached hydrogens (primary N) is 3. The van der Waals surface area contributed by atoms with Crippen molar-refractivity contribution in [2.45, 2.75) is 196 Å². The molecule has 0 aliphatic carbocycles. The minimum Gasteiger partial charge on any atom is -0.477 e. The fourth-order valence-electron chi connectivity index (χ4n) is 15.0. The Labute approximate surface area is 721 Å². The predicted octanol–water partition coefficient (Wildman–Crippen LogP) is 8.48. The number of hydrazine groups is 2. The van der Waals surface area contributed by atoms with Gasteiger partial charge in [0.15, 0.2) is 0 Å². The third-order valence-electron chi connectivity index (χ3n) is 21.7. The molecule has 33 heteroatoms. The largest absolute Gasteiger partial charge is 0.477 e. The summed E-state index contributed by atoms with van der Waals surface area (Å²) >= 11 is 18.5. The second-order valence-corrected chi connectivity index (χ2v) is 33.5. The monoisotopic (exact) mass is 1730 g/mol. The highest BCUT2D eigenvalue weighted by atomic mass is 35.5. The number of nitrogens with one attached hydrogen (secondary N) is 3. The molecule has 0 bridgehead atoms. The zero-order valence-electron chi connectivity index (χ0n) is 69.7. The van der Waals surface area contributed by atoms with Crippen molar-refractivity contribution in [3.05, 3.63) is 212 Å². The molecule has 6 aliphatic rings. The summed E-state index contributed by atoms with van der Waals surface area (Å²) < 4.78 is 41.7. The lowest BCUT2D eigenvalue weighted by molar-refractivity contribution is -0.143. The minimum absolute atomic E-state index is 0.0187. The number of hydrogen-bond donors (Lipinski definition) is 8. The SMILES string of the molecule is CC(=O)OC[C@@]1(Cc2cccc(Cl)c2)COC([C@@H]2CCCN2C(=O)[C@@H](NC(=O)N(C)N)C(C)OCc2ccccc2)=N1.CC(OCc1ccccc1)[C@H](NC(=O)C(C)(C)N)C(=O)N1CCC[C@H]1C1=N[C@](CO)(Cc2cccc(Cl)c2)CO1.CC(OCc1ccccc1)[C@H](NC(=O)N(C)N)C(=O)N1CCC[C@H]1C1=N[C@](CO)(Cc2cccc(Cl)c2)CO1. The molecule has 0 spiro atoms. The van der Waals surface area contributed by atoms with Gasteiger partial charge in [-0.3, -0.25) is 34.0 Å². The number of benzene rings is 6. The Hall–Kier alpha value is -9.83. The second kappa shape index (κ2) is 43.3. The Morgan fingerprint density at radius 1 is 0.488 bits per heavy atom. The molecule has 3 unspecified atom stereocenters. The lowest BCUT2D eigenvalue weighted by atomic mass is 9.93. The summed E-state index contributed by atoms with van der Waals surface area (Å²) in [6, 6.07) is 45.6. The Balaban J connectivity index is 0.000000191. The van der Waals surface area contributed by atoms with Crippen molar-refractivity contribution in [3.63, 3.8) is 0 Å². The van der Waals surface area contributed by atoms with Crippen LogP contribution in [0.15, 0.2) is 179 Å². The number of aliphatic hydroxyl groups is 2. The number of hydrogen-bond acceptors (Lipinski definition) is 22. The average Bonchev–Trinajstić information content (AvgIpc) is 1.66. The van der Waals surface area contributed by atoms with Gasteiger partial charge in [0.05, 0.1) is 56.9 Å². The standard InChI is InChI=1S/C30H38ClN5O6.C30H39ClN4O5.C28H36ClN5O5/c1-20(40-17-22-9-5-4-6-10-22)26(33-29(39)35(3)32)28(38)36-14-8-13-25(36)27-34-30(19-42-27,18-41-21(2)37)16-23-11-7-12-24(31)15-23;1-20(39-17-21-9-5-4-6-10-21)25(33-28(38)29(2,3)32)27(37)35-14-8-13-24(35)26-34-30(18-36,19-40-26)16-22-11-7-12-23(31)15-22;1-19(38-16-20-8-4-3-5-9-20)24(31-27(37)33(2)30)26(36)34-13-7-12-23(34)25-32-28(17-35,18-39-25)15-21-10-6-11-22(29)14-21/h4-7,9-12,15,20,25-26H,8,13-14,16-19,32H2,1-3H3,(H,33,39);4-7,9-12,15,20,24-25,36H,8,13-14,16-19,32H2,1-3H3,(H,33,38);3-6,8-11,14,19,23-24,35H,7,12-13,15-18,30H2,1-2H3,(H,31,37)/t20?,25-,26-,30-;20?,24-,25-,30-;19?,23-,24-,28-/m000/s1. The van der Waals surface area contributed by atoms with Gasteiger partial charge < -0.3 is 79.8 Å². The number of esters is 1. The molecule has 6 aromatic carbocycles. The zero-order valence-corrected chi connectivity index (χ0v) is 72.0. The molecule has 3 saturated heterocycles. The van der Waals surface area contributed by atoms with Crippen molar-refractivity contribution in [2.75, 3.05) is 73.4 Å². The number of aliphatic imine (C=N–C) groups is 3. The van der Waals surface area contributed by atoms with Crippen LogP contribution in [-0.4, -0.2) is 244 Å². The summed E-state index contributed by atoms with van der Waals surface area (Å²) in [6.45, 7) is 12.2. The Kier molecular flexibility index (Phi) is 33.4. The van der Waals surface area contributed by atoms with Crippen LogP contribution in [0.25, 0.3) is 0 Å². The fraction of sp³-hybridized carbons (Fsp3) is 0.477. The highest BCUT2D eigenvalue weighted by Gasteiger charge is 2.50. The van der Waals surface area contributed by atoms with Crippen molar-refractivity contribution in [1.82, 2.24) is 40.7 Å². The van der Waals surface area contributed by atoms with Gasteiger partial charge in [0.2, 0.25) is 41.3 Å². The van der Waals surface area contributed by atoms with E-state index < -0.39 is 101 Å². The van der Waals surface area contributed by atoms with Crippen LogP contribution in [0.2, 0.25) is 15.1 Å². The number of rotatable bonds is 32. The molecule has 6 aliphatic heterocycles. The van der Waals surface area contributed by atoms with Crippen molar-refractivity contribution >= 4 is 94.2 Å². The first-order valence-corrected chi connectivity index (χ1v) is 41.7. The van der Waals surface area contributed by atoms with Gasteiger partial charge in [0.25, 0.3) is 0 Å². The Bertz CT molecular complexity index is 4590. The average molecular weight is 1730 g/mol. The van der Waals surface area contributed by atoms with E-state index in [1.54, 1.807) is 67.5 Å². The molecule has 6 heterocycles. The van der Waals surface area contributed by atoms with Gasteiger partial charge in [-0.2, -0.15) is 0 Å². The van der Waals surface area contributed by atoms with Gasteiger partial charge in [-0.15, -0.1) is 0 Å². The number of urea groups is 2. The maximum atomic E-state index is 14.0. The zero-order chi connectivity index (χ0) is 87.2. The summed E-state index contributed by atoms with van der Waals surface area (Å²) in [5.41, 5.74) is 7.90. The normalized spacial score (nSPS) is 21.9. The second-order valence-electron chi connectivity index (χ2n) is 32.2. The molecule has 121 heavy (non-hydrogen) atoms. The maximum absolute atomic E-state index is 14.0. The molecule has 652 valence electrons. The fourth-order valence-corrected chi connectivity index (χ4v) is 15.7. The molecule has 0 radical (unpaired) electrons. The van der Waals surface area contributed by atoms with Crippen LogP contribution < -0.4 is 33.4 Å². The van der Waals surface area contributed by atoms with Crippen LogP contribution in [0.5, 0.6) is 0 Å². The molecule has 0 saturated carbocycles. The molecular weight excluding hydrogens is 1620 g/mol. The molecule has 3 fully saturated rings. The highest BCUT2D eigenvalue weighted by Crippen LogP contribution is 2.35. The number of aliphatic hydroxyl groups excluding tert-OH is 2. The van der Waals surface area contributed by atoms with Crippen molar-refractivity contribution in [2.24, 2.45) is 32.4 Å². The van der Waals surface area contributed by atoms with Crippen LogP contribution in [-0.2, 0) is 96.2 Å². The van der Waals surface area contributed by atoms with E-state index in [2.05, 4.69) is 16.0 Å². The number of nitrogens with zero attached hydrogens (tertiary/aromatic N) is 8. The van der Waals surface area contributed by atoms with Gasteiger partial charge in [0, 0.05) is 75.0 Å². The van der Waals surface area contributed by atoms with Crippen LogP contribution in [0, 0.1) is 0 Å². The smallest absolute Gasteiger partial charge is 0.332 e. The first-order valence-electron chi connectivity index (χ1n) is 40.6. The Morgan fingerprint density at radius 3 is 1.08 bits per heavy atom. The van der Waals surface area contributed by atoms with Crippen molar-refractivity contribution in [1.29, 1.82) is 0 Å². The van der Waals surface area contributed by atoms with E-state index in [-0.39, 0.29) is 77.2 Å². The number of amides is 8. The van der Waals surface area contributed by atoms with Gasteiger partial charge in [-0.05, 0) is 143 Å². The summed E-state index contributed by atoms with van der Waals surface area (Å²) in [7, 11) is 2.80. The number of carbonyl (C=O) groups is 7. The predicted molar refractivity (Wildman–Crippen MR) is 460 cm³/mol. The summed E-state index contributed by atoms with van der Waals surface area (Å²) in [5.74, 6) is 10.7. The Morgan fingerprint density at radius 2 is 0.785 bits per heavy atom. The van der Waals surface area contributed by atoms with Crippen molar-refractivity contribution < 1.29 is 76.9 Å². The van der Waals surface area contributed by atoms with E-state index >= 15 is 0 Å². The van der Waals surface area contributed by atoms with E-state index in [4.69, 9.17) is 100 Å². The minimum atomic E-state index is -1.18. The number of carbonyl (C=O) groups excluding carboxylic acids is 7. The van der Waals surface area contributed by atoms with E-state index in [0.29, 0.717) is 90.9 Å². The van der Waals surface area contributed by atoms with Gasteiger partial charge >= 0.3 is 18.0 Å². The molecule has 30 nitrogen and oxygen atoms in total. The summed E-state index contributed by atoms with van der Waals surface area (Å²) in [4.78, 5) is 111. The van der Waals surface area contributed by atoms with Crippen LogP contribution >= 0.6 is 34.8 Å². The summed E-state index contributed by atoms with van der Waals surface area (Å²) in [6.07, 6.45) is 3.53. The lowest BCUT2D eigenvalue weighted by Crippen LogP contribution is -2.60. The van der Waals surface area contributed by atoms with E-state index in [0.717, 1.165) is 62.7 Å². The third-order valence-corrected chi connectivity index (χ3v) is 22.4. The van der Waals surface area contributed by atoms with Crippen LogP contribution in [0.3, 0.4) is 0 Å². The highest BCUT2D eigenvalue weighted by molar-refractivity contribution is 6.31. The first kappa shape index (κ1) is 93.4. The maximum Gasteiger partial charge on any atom is 0.332 e. The summed E-state index contributed by atoms with van der Waals surface area (Å²) in [5, 5.41) is 32.4. The molecular formula is C88H113Cl3N14O16. The van der Waals surface area contributed by atoms with Gasteiger partial charge in [-0.25, -0.2) is 36.3 Å².